The number of hydrogen-bond donors (Lipinski definition) is 1. The Bertz CT molecular complexity index is 648. The average Bonchev–Trinajstić information content (AvgIpc) is 2.90. The molecule has 1 aromatic carbocycles. The summed E-state index contributed by atoms with van der Waals surface area (Å²) in [5.74, 6) is 0.327. The molecule has 0 spiro atoms. The number of benzene rings is 1. The molecule has 2 aromatic rings. The molecule has 112 valence electrons. The fourth-order valence-electron chi connectivity index (χ4n) is 1.50. The fourth-order valence-corrected chi connectivity index (χ4v) is 2.79. The lowest BCUT2D eigenvalue weighted by molar-refractivity contribution is -0.122. The van der Waals surface area contributed by atoms with Gasteiger partial charge in [-0.3, -0.25) is 10.1 Å². The highest BCUT2D eigenvalue weighted by Gasteiger charge is 2.17. The van der Waals surface area contributed by atoms with Crippen LogP contribution in [-0.2, 0) is 4.79 Å². The first-order chi connectivity index (χ1) is 9.99. The molecule has 0 aliphatic rings. The molecule has 1 heterocycles. The summed E-state index contributed by atoms with van der Waals surface area (Å²) in [5.41, 5.74) is 0.899. The van der Waals surface area contributed by atoms with Crippen LogP contribution in [0.1, 0.15) is 12.5 Å². The molecule has 8 heteroatoms. The molecule has 2 rings (SSSR count). The van der Waals surface area contributed by atoms with E-state index in [0.29, 0.717) is 15.9 Å². The van der Waals surface area contributed by atoms with Crippen LogP contribution < -0.4 is 10.1 Å². The van der Waals surface area contributed by atoms with Crippen molar-refractivity contribution in [2.24, 2.45) is 0 Å². The summed E-state index contributed by atoms with van der Waals surface area (Å²) in [4.78, 5) is 12.0. The number of thioether (sulfide) groups is 1. The van der Waals surface area contributed by atoms with E-state index >= 15 is 0 Å². The molecule has 0 unspecified atom stereocenters. The summed E-state index contributed by atoms with van der Waals surface area (Å²) in [6.07, 6.45) is 1.26. The number of anilines is 1. The van der Waals surface area contributed by atoms with E-state index in [2.05, 4.69) is 15.5 Å². The Morgan fingerprint density at radius 1 is 1.48 bits per heavy atom. The summed E-state index contributed by atoms with van der Waals surface area (Å²) in [7, 11) is 0. The summed E-state index contributed by atoms with van der Waals surface area (Å²) in [6.45, 7) is 3.56. The van der Waals surface area contributed by atoms with E-state index in [9.17, 15) is 4.79 Å². The SMILES string of the molecule is CSc1nnc(NC(=O)[C@H](C)Oc2ccc(Cl)c(C)c2)s1. The zero-order valence-electron chi connectivity index (χ0n) is 11.7. The lowest BCUT2D eigenvalue weighted by atomic mass is 10.2. The molecule has 0 saturated carbocycles. The van der Waals surface area contributed by atoms with Gasteiger partial charge in [0.1, 0.15) is 5.75 Å². The maximum absolute atomic E-state index is 12.0. The van der Waals surface area contributed by atoms with Gasteiger partial charge in [-0.15, -0.1) is 10.2 Å². The van der Waals surface area contributed by atoms with Gasteiger partial charge in [-0.2, -0.15) is 0 Å². The predicted molar refractivity (Wildman–Crippen MR) is 86.6 cm³/mol. The lowest BCUT2D eigenvalue weighted by Crippen LogP contribution is -2.30. The molecule has 5 nitrogen and oxygen atoms in total. The highest BCUT2D eigenvalue weighted by Crippen LogP contribution is 2.24. The molecule has 21 heavy (non-hydrogen) atoms. The Morgan fingerprint density at radius 2 is 2.24 bits per heavy atom. The van der Waals surface area contributed by atoms with Crippen LogP contribution in [0.25, 0.3) is 0 Å². The third-order valence-corrected chi connectivity index (χ3v) is 4.86. The van der Waals surface area contributed by atoms with E-state index in [1.165, 1.54) is 23.1 Å². The van der Waals surface area contributed by atoms with Gasteiger partial charge in [-0.05, 0) is 43.9 Å². The molecule has 0 aliphatic heterocycles. The van der Waals surface area contributed by atoms with E-state index in [4.69, 9.17) is 16.3 Å². The molecule has 0 saturated heterocycles. The number of amides is 1. The maximum Gasteiger partial charge on any atom is 0.266 e. The van der Waals surface area contributed by atoms with Gasteiger partial charge in [0.05, 0.1) is 0 Å². The minimum absolute atomic E-state index is 0.272. The van der Waals surface area contributed by atoms with Crippen LogP contribution in [-0.4, -0.2) is 28.5 Å². The number of nitrogens with one attached hydrogen (secondary N) is 1. The Labute approximate surface area is 136 Å². The summed E-state index contributed by atoms with van der Waals surface area (Å²) in [5, 5.41) is 11.6. The number of aromatic nitrogens is 2. The van der Waals surface area contributed by atoms with Gasteiger partial charge in [0, 0.05) is 5.02 Å². The predicted octanol–water partition coefficient (Wildman–Crippen LogP) is 3.63. The summed E-state index contributed by atoms with van der Waals surface area (Å²) < 4.78 is 6.40. The van der Waals surface area contributed by atoms with Crippen molar-refractivity contribution in [1.82, 2.24) is 10.2 Å². The minimum atomic E-state index is -0.646. The van der Waals surface area contributed by atoms with Crippen LogP contribution in [0.15, 0.2) is 22.5 Å². The number of nitrogens with zero attached hydrogens (tertiary/aromatic N) is 2. The second-order valence-corrected chi connectivity index (χ2v) is 6.68. The average molecular weight is 344 g/mol. The molecule has 1 atom stereocenters. The Morgan fingerprint density at radius 3 is 2.86 bits per heavy atom. The third kappa shape index (κ3) is 4.33. The topological polar surface area (TPSA) is 64.1 Å². The minimum Gasteiger partial charge on any atom is -0.481 e. The van der Waals surface area contributed by atoms with Crippen molar-refractivity contribution in [2.75, 3.05) is 11.6 Å². The van der Waals surface area contributed by atoms with Crippen molar-refractivity contribution < 1.29 is 9.53 Å². The molecular weight excluding hydrogens is 330 g/mol. The van der Waals surface area contributed by atoms with E-state index < -0.39 is 6.10 Å². The molecule has 1 N–H and O–H groups in total. The highest BCUT2D eigenvalue weighted by atomic mass is 35.5. The Hall–Kier alpha value is -1.31. The number of rotatable bonds is 5. The largest absolute Gasteiger partial charge is 0.481 e. The monoisotopic (exact) mass is 343 g/mol. The highest BCUT2D eigenvalue weighted by molar-refractivity contribution is 8.00. The number of carbonyl (C=O) groups excluding carboxylic acids is 1. The summed E-state index contributed by atoms with van der Waals surface area (Å²) in [6, 6.07) is 5.27. The third-order valence-electron chi connectivity index (χ3n) is 2.62. The zero-order chi connectivity index (χ0) is 15.4. The van der Waals surface area contributed by atoms with Gasteiger partial charge >= 0.3 is 0 Å². The zero-order valence-corrected chi connectivity index (χ0v) is 14.1. The van der Waals surface area contributed by atoms with Gasteiger partial charge in [0.2, 0.25) is 5.13 Å². The Kier molecular flexibility index (Phi) is 5.44. The number of halogens is 1. The van der Waals surface area contributed by atoms with Crippen molar-refractivity contribution >= 4 is 45.7 Å². The van der Waals surface area contributed by atoms with Crippen LogP contribution in [0, 0.1) is 6.92 Å². The van der Waals surface area contributed by atoms with E-state index in [0.717, 1.165) is 9.90 Å². The van der Waals surface area contributed by atoms with Crippen molar-refractivity contribution in [3.8, 4) is 5.75 Å². The number of carbonyl (C=O) groups is 1. The molecular formula is C13H14ClN3O2S2. The van der Waals surface area contributed by atoms with E-state index in [1.54, 1.807) is 25.1 Å². The first kappa shape index (κ1) is 16.1. The second-order valence-electron chi connectivity index (χ2n) is 4.24. The van der Waals surface area contributed by atoms with Crippen LogP contribution in [0.4, 0.5) is 5.13 Å². The molecule has 1 amide bonds. The second kappa shape index (κ2) is 7.11. The van der Waals surface area contributed by atoms with Gasteiger partial charge in [-0.25, -0.2) is 0 Å². The molecule has 1 aromatic heterocycles. The summed E-state index contributed by atoms with van der Waals surface area (Å²) >= 11 is 8.76. The van der Waals surface area contributed by atoms with Crippen LogP contribution in [0.2, 0.25) is 5.02 Å². The van der Waals surface area contributed by atoms with E-state index in [-0.39, 0.29) is 5.91 Å². The van der Waals surface area contributed by atoms with Crippen molar-refractivity contribution in [1.29, 1.82) is 0 Å². The van der Waals surface area contributed by atoms with Crippen LogP contribution in [0.5, 0.6) is 5.75 Å². The molecule has 0 radical (unpaired) electrons. The van der Waals surface area contributed by atoms with Gasteiger partial charge in [0.25, 0.3) is 5.91 Å². The first-order valence-corrected chi connectivity index (χ1v) is 8.52. The van der Waals surface area contributed by atoms with Gasteiger partial charge in [0.15, 0.2) is 10.4 Å². The maximum atomic E-state index is 12.0. The van der Waals surface area contributed by atoms with Crippen LogP contribution in [0.3, 0.4) is 0 Å². The van der Waals surface area contributed by atoms with Gasteiger partial charge in [-0.1, -0.05) is 34.7 Å². The lowest BCUT2D eigenvalue weighted by Gasteiger charge is -2.14. The fraction of sp³-hybridized carbons (Fsp3) is 0.308. The smallest absolute Gasteiger partial charge is 0.266 e. The molecule has 0 bridgehead atoms. The molecule has 0 fully saturated rings. The molecule has 0 aliphatic carbocycles. The van der Waals surface area contributed by atoms with Crippen LogP contribution >= 0.6 is 34.7 Å². The number of aryl methyl sites for hydroxylation is 1. The first-order valence-electron chi connectivity index (χ1n) is 6.10. The quantitative estimate of drug-likeness (QED) is 0.663. The van der Waals surface area contributed by atoms with Crippen molar-refractivity contribution in [3.05, 3.63) is 28.8 Å². The number of hydrogen-bond acceptors (Lipinski definition) is 6. The van der Waals surface area contributed by atoms with Gasteiger partial charge < -0.3 is 4.74 Å². The van der Waals surface area contributed by atoms with E-state index in [1.807, 2.05) is 13.2 Å². The standard InChI is InChI=1S/C13H14ClN3O2S2/c1-7-6-9(4-5-10(7)14)19-8(2)11(18)15-12-16-17-13(20-3)21-12/h4-6,8H,1-3H3,(H,15,16,18)/t8-/m0/s1. The Balaban J connectivity index is 1.97. The normalized spacial score (nSPS) is 12.0. The van der Waals surface area contributed by atoms with Crippen molar-refractivity contribution in [3.63, 3.8) is 0 Å². The number of ether oxygens (including phenoxy) is 1. The van der Waals surface area contributed by atoms with Crippen molar-refractivity contribution in [2.45, 2.75) is 24.3 Å².